The summed E-state index contributed by atoms with van der Waals surface area (Å²) < 4.78 is 5.47. The van der Waals surface area contributed by atoms with Crippen molar-refractivity contribution in [1.29, 1.82) is 0 Å². The highest BCUT2D eigenvalue weighted by molar-refractivity contribution is 7.80. The van der Waals surface area contributed by atoms with Crippen LogP contribution in [0.15, 0.2) is 0 Å². The Labute approximate surface area is 190 Å². The predicted octanol–water partition coefficient (Wildman–Crippen LogP) is 10.3. The van der Waals surface area contributed by atoms with Gasteiger partial charge in [0.2, 0.25) is 0 Å². The largest absolute Gasteiger partial charge is 0.487 e. The normalized spacial score (nSPS) is 11.1. The molecule has 0 saturated carbocycles. The quantitative estimate of drug-likeness (QED) is 0.112. The van der Waals surface area contributed by atoms with Crippen molar-refractivity contribution in [2.45, 2.75) is 162 Å². The molecule has 2 heteroatoms. The Morgan fingerprint density at radius 1 is 0.448 bits per heavy atom. The minimum atomic E-state index is 0.772. The summed E-state index contributed by atoms with van der Waals surface area (Å²) in [6, 6.07) is 0. The topological polar surface area (TPSA) is 9.23 Å². The summed E-state index contributed by atoms with van der Waals surface area (Å²) in [7, 11) is 0. The third-order valence-electron chi connectivity index (χ3n) is 6.05. The van der Waals surface area contributed by atoms with Crippen LogP contribution in [0.4, 0.5) is 0 Å². The minimum Gasteiger partial charge on any atom is -0.487 e. The van der Waals surface area contributed by atoms with E-state index in [4.69, 9.17) is 17.0 Å². The molecule has 0 aromatic carbocycles. The number of hydrogen-bond acceptors (Lipinski definition) is 2. The van der Waals surface area contributed by atoms with Crippen molar-refractivity contribution in [1.82, 2.24) is 0 Å². The van der Waals surface area contributed by atoms with Crippen LogP contribution in [0, 0.1) is 0 Å². The molecule has 1 nitrogen and oxygen atoms in total. The molecule has 0 aliphatic carbocycles. The van der Waals surface area contributed by atoms with Gasteiger partial charge < -0.3 is 4.74 Å². The molecule has 0 aromatic rings. The second-order valence-corrected chi connectivity index (χ2v) is 9.45. The maximum absolute atomic E-state index is 5.47. The van der Waals surface area contributed by atoms with Crippen LogP contribution in [0.5, 0.6) is 0 Å². The molecule has 0 aliphatic heterocycles. The predicted molar refractivity (Wildman–Crippen MR) is 136 cm³/mol. The summed E-state index contributed by atoms with van der Waals surface area (Å²) in [5, 5.41) is 0.772. The van der Waals surface area contributed by atoms with Crippen LogP contribution >= 0.6 is 12.2 Å². The van der Waals surface area contributed by atoms with E-state index in [0.29, 0.717) is 0 Å². The van der Waals surface area contributed by atoms with Crippen LogP contribution in [-0.2, 0) is 4.74 Å². The molecule has 0 saturated heterocycles. The number of ether oxygens (including phenoxy) is 1. The van der Waals surface area contributed by atoms with Gasteiger partial charge in [0.1, 0.15) is 0 Å². The molecule has 0 N–H and O–H groups in total. The number of hydrogen-bond donors (Lipinski definition) is 0. The highest BCUT2D eigenvalue weighted by Gasteiger charge is 1.96. The second kappa shape index (κ2) is 25.9. The second-order valence-electron chi connectivity index (χ2n) is 9.00. The average Bonchev–Trinajstić information content (AvgIpc) is 2.74. The third kappa shape index (κ3) is 25.9. The molecule has 0 fully saturated rings. The Kier molecular flexibility index (Phi) is 25.8. The van der Waals surface area contributed by atoms with Gasteiger partial charge in [0.05, 0.1) is 6.61 Å². The molecule has 0 spiro atoms. The van der Waals surface area contributed by atoms with Crippen molar-refractivity contribution >= 4 is 17.3 Å². The average molecular weight is 427 g/mol. The Bertz CT molecular complexity index is 316. The van der Waals surface area contributed by atoms with Crippen molar-refractivity contribution in [3.8, 4) is 0 Å². The van der Waals surface area contributed by atoms with Crippen molar-refractivity contribution in [2.24, 2.45) is 0 Å². The third-order valence-corrected chi connectivity index (χ3v) is 6.46. The summed E-state index contributed by atoms with van der Waals surface area (Å²) in [6.07, 6.45) is 32.3. The van der Waals surface area contributed by atoms with Gasteiger partial charge in [-0.05, 0) is 18.6 Å². The van der Waals surface area contributed by atoms with Crippen LogP contribution < -0.4 is 0 Å². The number of rotatable bonds is 24. The highest BCUT2D eigenvalue weighted by atomic mass is 32.1. The van der Waals surface area contributed by atoms with E-state index in [2.05, 4.69) is 13.8 Å². The van der Waals surface area contributed by atoms with E-state index >= 15 is 0 Å². The molecule has 174 valence electrons. The fourth-order valence-corrected chi connectivity index (χ4v) is 4.08. The van der Waals surface area contributed by atoms with Gasteiger partial charge >= 0.3 is 0 Å². The first kappa shape index (κ1) is 28.9. The van der Waals surface area contributed by atoms with Crippen molar-refractivity contribution in [2.75, 3.05) is 6.61 Å². The molecule has 0 atom stereocenters. The smallest absolute Gasteiger partial charge is 0.159 e. The zero-order chi connectivity index (χ0) is 21.3. The van der Waals surface area contributed by atoms with Crippen molar-refractivity contribution in [3.63, 3.8) is 0 Å². The maximum Gasteiger partial charge on any atom is 0.159 e. The summed E-state index contributed by atoms with van der Waals surface area (Å²) >= 11 is 5.07. The van der Waals surface area contributed by atoms with Gasteiger partial charge in [0.15, 0.2) is 5.05 Å². The first-order chi connectivity index (χ1) is 14.3. The van der Waals surface area contributed by atoms with E-state index in [1.807, 2.05) is 0 Å². The van der Waals surface area contributed by atoms with E-state index in [0.717, 1.165) is 18.1 Å². The van der Waals surface area contributed by atoms with E-state index in [1.54, 1.807) is 0 Å². The molecular weight excluding hydrogens is 372 g/mol. The molecular formula is C27H54OS. The maximum atomic E-state index is 5.47. The lowest BCUT2D eigenvalue weighted by Gasteiger charge is -2.05. The van der Waals surface area contributed by atoms with Gasteiger partial charge in [-0.3, -0.25) is 0 Å². The fourth-order valence-electron chi connectivity index (χ4n) is 4.00. The molecule has 0 bridgehead atoms. The Hall–Kier alpha value is -0.110. The highest BCUT2D eigenvalue weighted by Crippen LogP contribution is 2.15. The van der Waals surface area contributed by atoms with Crippen LogP contribution in [0.3, 0.4) is 0 Å². The van der Waals surface area contributed by atoms with E-state index in [9.17, 15) is 0 Å². The lowest BCUT2D eigenvalue weighted by molar-refractivity contribution is 0.293. The van der Waals surface area contributed by atoms with Crippen LogP contribution in [-0.4, -0.2) is 11.7 Å². The molecule has 0 heterocycles. The van der Waals surface area contributed by atoms with E-state index in [-0.39, 0.29) is 0 Å². The SMILES string of the molecule is CCCCCCCCCCCCCCCCCCCCCCCCOC(=S)CC. The molecule has 29 heavy (non-hydrogen) atoms. The molecule has 0 unspecified atom stereocenters. The molecule has 0 aromatic heterocycles. The van der Waals surface area contributed by atoms with Gasteiger partial charge in [-0.15, -0.1) is 0 Å². The lowest BCUT2D eigenvalue weighted by Crippen LogP contribution is -2.01. The van der Waals surface area contributed by atoms with Gasteiger partial charge in [0, 0.05) is 6.42 Å². The van der Waals surface area contributed by atoms with Crippen molar-refractivity contribution < 1.29 is 4.74 Å². The monoisotopic (exact) mass is 426 g/mol. The van der Waals surface area contributed by atoms with Crippen LogP contribution in [0.1, 0.15) is 162 Å². The standard InChI is InChI=1S/C27H54OS/c1-3-5-6-7-8-9-10-11-12-13-14-15-16-17-18-19-20-21-22-23-24-25-26-28-27(29)4-2/h3-26H2,1-2H3. The Morgan fingerprint density at radius 2 is 0.724 bits per heavy atom. The van der Waals surface area contributed by atoms with Gasteiger partial charge in [-0.1, -0.05) is 149 Å². The Balaban J connectivity index is 3.01. The molecule has 0 rings (SSSR count). The van der Waals surface area contributed by atoms with Gasteiger partial charge in [-0.25, -0.2) is 0 Å². The summed E-state index contributed by atoms with van der Waals surface area (Å²) in [4.78, 5) is 0. The summed E-state index contributed by atoms with van der Waals surface area (Å²) in [5.74, 6) is 0. The van der Waals surface area contributed by atoms with E-state index in [1.165, 1.54) is 141 Å². The number of thiocarbonyl (C=S) groups is 1. The molecule has 0 radical (unpaired) electrons. The summed E-state index contributed by atoms with van der Waals surface area (Å²) in [5.41, 5.74) is 0. The lowest BCUT2D eigenvalue weighted by atomic mass is 10.0. The summed E-state index contributed by atoms with van der Waals surface area (Å²) in [6.45, 7) is 5.18. The minimum absolute atomic E-state index is 0.772. The van der Waals surface area contributed by atoms with Crippen LogP contribution in [0.2, 0.25) is 0 Å². The zero-order valence-corrected chi connectivity index (χ0v) is 21.1. The first-order valence-electron chi connectivity index (χ1n) is 13.5. The van der Waals surface area contributed by atoms with Gasteiger partial charge in [-0.2, -0.15) is 0 Å². The van der Waals surface area contributed by atoms with Gasteiger partial charge in [0.25, 0.3) is 0 Å². The zero-order valence-electron chi connectivity index (χ0n) is 20.3. The molecule has 0 aliphatic rings. The van der Waals surface area contributed by atoms with Crippen LogP contribution in [0.25, 0.3) is 0 Å². The van der Waals surface area contributed by atoms with Crippen molar-refractivity contribution in [3.05, 3.63) is 0 Å². The number of unbranched alkanes of at least 4 members (excludes halogenated alkanes) is 21. The van der Waals surface area contributed by atoms with E-state index < -0.39 is 0 Å². The Morgan fingerprint density at radius 3 is 1.00 bits per heavy atom. The molecule has 0 amide bonds. The fraction of sp³-hybridized carbons (Fsp3) is 0.963. The first-order valence-corrected chi connectivity index (χ1v) is 13.9.